The van der Waals surface area contributed by atoms with Gasteiger partial charge in [0.15, 0.2) is 0 Å². The predicted molar refractivity (Wildman–Crippen MR) is 69.1 cm³/mol. The zero-order valence-corrected chi connectivity index (χ0v) is 10.9. The summed E-state index contributed by atoms with van der Waals surface area (Å²) in [4.78, 5) is 0. The average molecular weight is 214 g/mol. The van der Waals surface area contributed by atoms with Gasteiger partial charge in [-0.2, -0.15) is 0 Å². The van der Waals surface area contributed by atoms with Gasteiger partial charge in [-0.15, -0.1) is 0 Å². The lowest BCUT2D eigenvalue weighted by molar-refractivity contribution is 0.391. The molecule has 2 heteroatoms. The summed E-state index contributed by atoms with van der Waals surface area (Å²) in [6, 6.07) is 0. The molecule has 0 bridgehead atoms. The molecule has 0 unspecified atom stereocenters. The summed E-state index contributed by atoms with van der Waals surface area (Å²) in [6.45, 7) is 8.41. The maximum absolute atomic E-state index is 5.64. The molecule has 0 amide bonds. The second kappa shape index (κ2) is 9.17. The number of nitrogens with two attached hydrogens (primary N) is 1. The van der Waals surface area contributed by atoms with E-state index in [0.29, 0.717) is 6.54 Å². The highest BCUT2D eigenvalue weighted by Crippen LogP contribution is 2.07. The Morgan fingerprint density at radius 1 is 0.933 bits per heavy atom. The molecule has 0 spiro atoms. The Hall–Kier alpha value is -0.0800. The van der Waals surface area contributed by atoms with Crippen molar-refractivity contribution in [1.82, 2.24) is 5.32 Å². The molecule has 0 radical (unpaired) electrons. The minimum atomic E-state index is 0.113. The summed E-state index contributed by atoms with van der Waals surface area (Å²) in [5.74, 6) is 0. The molecule has 0 aromatic heterocycles. The second-order valence-corrected chi connectivity index (χ2v) is 5.14. The molecule has 0 saturated carbocycles. The molecule has 0 aromatic rings. The van der Waals surface area contributed by atoms with E-state index in [4.69, 9.17) is 5.73 Å². The van der Waals surface area contributed by atoms with Crippen LogP contribution in [0.5, 0.6) is 0 Å². The third-order valence-electron chi connectivity index (χ3n) is 2.89. The molecule has 92 valence electrons. The van der Waals surface area contributed by atoms with Crippen molar-refractivity contribution in [3.8, 4) is 0 Å². The Balaban J connectivity index is 3.11. The van der Waals surface area contributed by atoms with Gasteiger partial charge in [-0.25, -0.2) is 0 Å². The average Bonchev–Trinajstić information content (AvgIpc) is 2.22. The summed E-state index contributed by atoms with van der Waals surface area (Å²) in [6.07, 6.45) is 9.61. The quantitative estimate of drug-likeness (QED) is 0.549. The molecule has 0 rings (SSSR count). The van der Waals surface area contributed by atoms with Crippen molar-refractivity contribution in [3.63, 3.8) is 0 Å². The largest absolute Gasteiger partial charge is 0.329 e. The van der Waals surface area contributed by atoms with Crippen LogP contribution in [0.25, 0.3) is 0 Å². The topological polar surface area (TPSA) is 38.0 Å². The maximum atomic E-state index is 5.64. The van der Waals surface area contributed by atoms with Gasteiger partial charge in [-0.3, -0.25) is 0 Å². The number of hydrogen-bond donors (Lipinski definition) is 2. The highest BCUT2D eigenvalue weighted by atomic mass is 15.0. The van der Waals surface area contributed by atoms with E-state index in [0.717, 1.165) is 6.54 Å². The van der Waals surface area contributed by atoms with Crippen LogP contribution in [0.15, 0.2) is 0 Å². The summed E-state index contributed by atoms with van der Waals surface area (Å²) < 4.78 is 0. The monoisotopic (exact) mass is 214 g/mol. The first-order chi connectivity index (χ1) is 7.12. The smallest absolute Gasteiger partial charge is 0.0247 e. The molecule has 0 aliphatic carbocycles. The number of nitrogens with one attached hydrogen (secondary N) is 1. The van der Waals surface area contributed by atoms with E-state index in [1.54, 1.807) is 0 Å². The van der Waals surface area contributed by atoms with Crippen molar-refractivity contribution < 1.29 is 0 Å². The zero-order valence-electron chi connectivity index (χ0n) is 10.9. The highest BCUT2D eigenvalue weighted by Gasteiger charge is 2.12. The highest BCUT2D eigenvalue weighted by molar-refractivity contribution is 4.77. The van der Waals surface area contributed by atoms with Crippen LogP contribution in [0.2, 0.25) is 0 Å². The maximum Gasteiger partial charge on any atom is 0.0247 e. The van der Waals surface area contributed by atoms with E-state index in [1.807, 2.05) is 0 Å². The van der Waals surface area contributed by atoms with Crippen LogP contribution in [-0.4, -0.2) is 18.6 Å². The fourth-order valence-electron chi connectivity index (χ4n) is 1.58. The van der Waals surface area contributed by atoms with Crippen LogP contribution in [0, 0.1) is 0 Å². The van der Waals surface area contributed by atoms with Crippen molar-refractivity contribution in [1.29, 1.82) is 0 Å². The first kappa shape index (κ1) is 14.9. The Morgan fingerprint density at radius 3 is 2.00 bits per heavy atom. The molecule has 2 nitrogen and oxygen atoms in total. The molecule has 3 N–H and O–H groups in total. The van der Waals surface area contributed by atoms with Gasteiger partial charge in [-0.05, 0) is 26.8 Å². The lowest BCUT2D eigenvalue weighted by Gasteiger charge is -2.24. The van der Waals surface area contributed by atoms with E-state index in [9.17, 15) is 0 Å². The van der Waals surface area contributed by atoms with Gasteiger partial charge in [0.05, 0.1) is 0 Å². The van der Waals surface area contributed by atoms with Crippen molar-refractivity contribution in [2.45, 2.75) is 71.3 Å². The molecule has 0 aliphatic rings. The molecular formula is C13H30N2. The zero-order chi connectivity index (χ0) is 11.6. The molecule has 0 aliphatic heterocycles. The fraction of sp³-hybridized carbons (Fsp3) is 1.00. The molecule has 0 aromatic carbocycles. The third-order valence-corrected chi connectivity index (χ3v) is 2.89. The molecule has 15 heavy (non-hydrogen) atoms. The van der Waals surface area contributed by atoms with Crippen LogP contribution < -0.4 is 11.1 Å². The van der Waals surface area contributed by atoms with Crippen LogP contribution in [0.1, 0.15) is 65.7 Å². The van der Waals surface area contributed by atoms with Crippen molar-refractivity contribution in [2.24, 2.45) is 5.73 Å². The van der Waals surface area contributed by atoms with Gasteiger partial charge in [0, 0.05) is 12.1 Å². The predicted octanol–water partition coefficient (Wildman–Crippen LogP) is 3.06. The van der Waals surface area contributed by atoms with Crippen molar-refractivity contribution in [3.05, 3.63) is 0 Å². The van der Waals surface area contributed by atoms with E-state index in [2.05, 4.69) is 26.1 Å². The Labute approximate surface area is 96.0 Å². The first-order valence-corrected chi connectivity index (χ1v) is 6.57. The number of unbranched alkanes of at least 4 members (excludes halogenated alkanes) is 6. The SMILES string of the molecule is CCCCCCCCCNC(C)(C)CN. The second-order valence-electron chi connectivity index (χ2n) is 5.14. The standard InChI is InChI=1S/C13H30N2/c1-4-5-6-7-8-9-10-11-15-13(2,3)12-14/h15H,4-12,14H2,1-3H3. The molecule has 0 saturated heterocycles. The third kappa shape index (κ3) is 10.2. The van der Waals surface area contributed by atoms with Crippen LogP contribution >= 0.6 is 0 Å². The Bertz CT molecular complexity index is 132. The fourth-order valence-corrected chi connectivity index (χ4v) is 1.58. The summed E-state index contributed by atoms with van der Waals surface area (Å²) in [5, 5.41) is 3.49. The summed E-state index contributed by atoms with van der Waals surface area (Å²) in [5.41, 5.74) is 5.75. The van der Waals surface area contributed by atoms with E-state index in [1.165, 1.54) is 44.9 Å². The number of hydrogen-bond acceptors (Lipinski definition) is 2. The lowest BCUT2D eigenvalue weighted by atomic mass is 10.1. The van der Waals surface area contributed by atoms with Gasteiger partial charge in [-0.1, -0.05) is 45.4 Å². The van der Waals surface area contributed by atoms with Gasteiger partial charge in [0.25, 0.3) is 0 Å². The van der Waals surface area contributed by atoms with Crippen molar-refractivity contribution >= 4 is 0 Å². The van der Waals surface area contributed by atoms with Crippen LogP contribution in [0.4, 0.5) is 0 Å². The van der Waals surface area contributed by atoms with Crippen LogP contribution in [-0.2, 0) is 0 Å². The van der Waals surface area contributed by atoms with E-state index >= 15 is 0 Å². The van der Waals surface area contributed by atoms with Crippen LogP contribution in [0.3, 0.4) is 0 Å². The van der Waals surface area contributed by atoms with Gasteiger partial charge < -0.3 is 11.1 Å². The lowest BCUT2D eigenvalue weighted by Crippen LogP contribution is -2.46. The van der Waals surface area contributed by atoms with Crippen molar-refractivity contribution in [2.75, 3.05) is 13.1 Å². The molecular weight excluding hydrogens is 184 g/mol. The first-order valence-electron chi connectivity index (χ1n) is 6.57. The normalized spacial score (nSPS) is 12.0. The van der Waals surface area contributed by atoms with Gasteiger partial charge in [0.2, 0.25) is 0 Å². The molecule has 0 atom stereocenters. The Kier molecular flexibility index (Phi) is 9.12. The molecule has 0 heterocycles. The Morgan fingerprint density at radius 2 is 1.47 bits per heavy atom. The van der Waals surface area contributed by atoms with Gasteiger partial charge >= 0.3 is 0 Å². The number of rotatable bonds is 10. The van der Waals surface area contributed by atoms with Gasteiger partial charge in [0.1, 0.15) is 0 Å². The molecule has 0 fully saturated rings. The summed E-state index contributed by atoms with van der Waals surface area (Å²) >= 11 is 0. The van der Waals surface area contributed by atoms with E-state index < -0.39 is 0 Å². The minimum absolute atomic E-state index is 0.113. The van der Waals surface area contributed by atoms with E-state index in [-0.39, 0.29) is 5.54 Å². The summed E-state index contributed by atoms with van der Waals surface area (Å²) in [7, 11) is 0. The minimum Gasteiger partial charge on any atom is -0.329 e.